The molecule has 0 amide bonds. The third-order valence-corrected chi connectivity index (χ3v) is 4.74. The molecule has 1 aliphatic carbocycles. The van der Waals surface area contributed by atoms with Crippen LogP contribution >= 0.6 is 0 Å². The molecular weight excluding hydrogens is 255 g/mol. The minimum atomic E-state index is -3.54. The lowest BCUT2D eigenvalue weighted by molar-refractivity contribution is 0.597. The zero-order chi connectivity index (χ0) is 13.6. The fourth-order valence-corrected chi connectivity index (χ4v) is 4.09. The lowest BCUT2D eigenvalue weighted by Crippen LogP contribution is -2.11. The van der Waals surface area contributed by atoms with Gasteiger partial charge in [0.15, 0.2) is 15.3 Å². The average molecular weight is 264 g/mol. The molecule has 2 atom stereocenters. The normalized spacial score (nSPS) is 24.9. The van der Waals surface area contributed by atoms with E-state index >= 15 is 0 Å². The fourth-order valence-electron chi connectivity index (χ4n) is 2.37. The smallest absolute Gasteiger partial charge is 0.169 e. The second kappa shape index (κ2) is 3.79. The molecule has 0 N–H and O–H groups in total. The van der Waals surface area contributed by atoms with Crippen LogP contribution in [0.15, 0.2) is 24.3 Å². The van der Waals surface area contributed by atoms with Crippen LogP contribution in [0, 0.1) is 33.9 Å². The summed E-state index contributed by atoms with van der Waals surface area (Å²) in [5, 5.41) is 17.0. The van der Waals surface area contributed by atoms with E-state index in [0.29, 0.717) is 5.56 Å². The first-order valence-electron chi connectivity index (χ1n) is 5.13. The van der Waals surface area contributed by atoms with E-state index < -0.39 is 32.2 Å². The van der Waals surface area contributed by atoms with Gasteiger partial charge in [0.25, 0.3) is 0 Å². The summed E-state index contributed by atoms with van der Waals surface area (Å²) < 4.78 is 36.3. The number of nitriles is 2. The highest BCUT2D eigenvalue weighted by Crippen LogP contribution is 2.62. The first-order valence-corrected chi connectivity index (χ1v) is 7.09. The maximum atomic E-state index is 13.1. The van der Waals surface area contributed by atoms with Crippen molar-refractivity contribution in [2.24, 2.45) is 5.41 Å². The third kappa shape index (κ3) is 1.66. The van der Waals surface area contributed by atoms with Crippen LogP contribution < -0.4 is 0 Å². The van der Waals surface area contributed by atoms with Gasteiger partial charge >= 0.3 is 0 Å². The average Bonchev–Trinajstić information content (AvgIpc) is 2.98. The van der Waals surface area contributed by atoms with Gasteiger partial charge in [-0.1, -0.05) is 12.1 Å². The largest absolute Gasteiger partial charge is 0.229 e. The molecule has 0 aliphatic heterocycles. The van der Waals surface area contributed by atoms with Gasteiger partial charge in [0, 0.05) is 12.2 Å². The molecule has 6 heteroatoms. The Morgan fingerprint density at radius 1 is 1.33 bits per heavy atom. The lowest BCUT2D eigenvalue weighted by Gasteiger charge is -1.99. The van der Waals surface area contributed by atoms with Crippen molar-refractivity contribution in [2.75, 3.05) is 6.26 Å². The van der Waals surface area contributed by atoms with Crippen LogP contribution in [-0.2, 0) is 9.84 Å². The number of benzene rings is 1. The van der Waals surface area contributed by atoms with Gasteiger partial charge in [0.1, 0.15) is 11.1 Å². The molecule has 0 unspecified atom stereocenters. The van der Waals surface area contributed by atoms with Crippen LogP contribution in [0.25, 0.3) is 0 Å². The molecule has 2 rings (SSSR count). The summed E-state index contributed by atoms with van der Waals surface area (Å²) in [6.45, 7) is 0. The zero-order valence-electron chi connectivity index (χ0n) is 9.46. The van der Waals surface area contributed by atoms with E-state index in [9.17, 15) is 12.8 Å². The minimum Gasteiger partial charge on any atom is -0.229 e. The van der Waals surface area contributed by atoms with Crippen LogP contribution in [0.4, 0.5) is 4.39 Å². The Labute approximate surface area is 104 Å². The molecule has 0 bridgehead atoms. The van der Waals surface area contributed by atoms with Crippen LogP contribution in [0.2, 0.25) is 0 Å². The van der Waals surface area contributed by atoms with Crippen LogP contribution in [0.3, 0.4) is 0 Å². The zero-order valence-corrected chi connectivity index (χ0v) is 10.3. The molecular formula is C12H9FN2O2S. The van der Waals surface area contributed by atoms with Crippen molar-refractivity contribution in [3.63, 3.8) is 0 Å². The molecule has 1 aliphatic rings. The van der Waals surface area contributed by atoms with Gasteiger partial charge in [-0.05, 0) is 17.7 Å². The molecule has 1 fully saturated rings. The Hall–Kier alpha value is -1.92. The van der Waals surface area contributed by atoms with Gasteiger partial charge in [-0.15, -0.1) is 0 Å². The van der Waals surface area contributed by atoms with Gasteiger partial charge in [-0.2, -0.15) is 10.5 Å². The summed E-state index contributed by atoms with van der Waals surface area (Å²) in [7, 11) is -3.54. The van der Waals surface area contributed by atoms with Crippen LogP contribution in [0.1, 0.15) is 11.5 Å². The molecule has 0 heterocycles. The fraction of sp³-hybridized carbons (Fsp3) is 0.333. The molecule has 0 radical (unpaired) electrons. The van der Waals surface area contributed by atoms with Crippen molar-refractivity contribution < 1.29 is 12.8 Å². The number of halogens is 1. The maximum Gasteiger partial charge on any atom is 0.169 e. The second-order valence-electron chi connectivity index (χ2n) is 4.38. The topological polar surface area (TPSA) is 81.7 Å². The van der Waals surface area contributed by atoms with Crippen molar-refractivity contribution in [3.05, 3.63) is 35.6 Å². The SMILES string of the molecule is CS(=O)(=O)[C@@H]1[C@H](c2cccc(F)c2)C1(C#N)C#N. The molecule has 1 aromatic rings. The Balaban J connectivity index is 2.54. The Morgan fingerprint density at radius 3 is 2.33 bits per heavy atom. The van der Waals surface area contributed by atoms with Crippen molar-refractivity contribution in [3.8, 4) is 12.1 Å². The van der Waals surface area contributed by atoms with Gasteiger partial charge in [-0.25, -0.2) is 12.8 Å². The Kier molecular flexibility index (Phi) is 2.64. The highest BCUT2D eigenvalue weighted by atomic mass is 32.2. The molecule has 18 heavy (non-hydrogen) atoms. The van der Waals surface area contributed by atoms with Crippen molar-refractivity contribution >= 4 is 9.84 Å². The van der Waals surface area contributed by atoms with E-state index in [1.807, 2.05) is 0 Å². The number of hydrogen-bond acceptors (Lipinski definition) is 4. The minimum absolute atomic E-state index is 0.369. The molecule has 0 spiro atoms. The Bertz CT molecular complexity index is 671. The van der Waals surface area contributed by atoms with Crippen molar-refractivity contribution in [2.45, 2.75) is 11.2 Å². The number of nitrogens with zero attached hydrogens (tertiary/aromatic N) is 2. The first kappa shape index (κ1) is 12.5. The van der Waals surface area contributed by atoms with E-state index in [1.54, 1.807) is 12.1 Å². The molecule has 0 aromatic heterocycles. The monoisotopic (exact) mass is 264 g/mol. The van der Waals surface area contributed by atoms with E-state index in [-0.39, 0.29) is 0 Å². The van der Waals surface area contributed by atoms with Gasteiger partial charge in [-0.3, -0.25) is 0 Å². The van der Waals surface area contributed by atoms with E-state index in [1.165, 1.54) is 24.3 Å². The maximum absolute atomic E-state index is 13.1. The van der Waals surface area contributed by atoms with Crippen molar-refractivity contribution in [1.29, 1.82) is 10.5 Å². The van der Waals surface area contributed by atoms with Crippen molar-refractivity contribution in [1.82, 2.24) is 0 Å². The highest BCUT2D eigenvalue weighted by molar-refractivity contribution is 7.91. The summed E-state index contributed by atoms with van der Waals surface area (Å²) >= 11 is 0. The molecule has 1 saturated carbocycles. The third-order valence-electron chi connectivity index (χ3n) is 3.17. The summed E-state index contributed by atoms with van der Waals surface area (Å²) in [4.78, 5) is 0. The van der Waals surface area contributed by atoms with Gasteiger partial charge in [0.2, 0.25) is 0 Å². The molecule has 1 aromatic carbocycles. The lowest BCUT2D eigenvalue weighted by atomic mass is 10.0. The summed E-state index contributed by atoms with van der Waals surface area (Å²) in [6, 6.07) is 8.88. The quantitative estimate of drug-likeness (QED) is 0.807. The first-order chi connectivity index (χ1) is 8.36. The Morgan fingerprint density at radius 2 is 1.94 bits per heavy atom. The predicted octanol–water partition coefficient (Wildman–Crippen LogP) is 1.37. The van der Waals surface area contributed by atoms with E-state index in [2.05, 4.69) is 0 Å². The number of sulfone groups is 1. The summed E-state index contributed by atoms with van der Waals surface area (Å²) in [5.74, 6) is -1.30. The standard InChI is InChI=1S/C12H9FN2O2S/c1-18(16,17)11-10(12(11,6-14)7-15)8-3-2-4-9(13)5-8/h2-5,10-11H,1H3/t10-,11+/m0/s1. The van der Waals surface area contributed by atoms with E-state index in [4.69, 9.17) is 10.5 Å². The number of rotatable bonds is 2. The summed E-state index contributed by atoms with van der Waals surface area (Å²) in [5.41, 5.74) is -1.23. The second-order valence-corrected chi connectivity index (χ2v) is 6.54. The predicted molar refractivity (Wildman–Crippen MR) is 61.4 cm³/mol. The van der Waals surface area contributed by atoms with Crippen LogP contribution in [-0.4, -0.2) is 19.9 Å². The summed E-state index contributed by atoms with van der Waals surface area (Å²) in [6.07, 6.45) is 0.987. The van der Waals surface area contributed by atoms with Crippen LogP contribution in [0.5, 0.6) is 0 Å². The van der Waals surface area contributed by atoms with Gasteiger partial charge < -0.3 is 0 Å². The highest BCUT2D eigenvalue weighted by Gasteiger charge is 2.72. The molecule has 4 nitrogen and oxygen atoms in total. The molecule has 0 saturated heterocycles. The molecule has 92 valence electrons. The van der Waals surface area contributed by atoms with E-state index in [0.717, 1.165) is 6.26 Å². The van der Waals surface area contributed by atoms with Gasteiger partial charge in [0.05, 0.1) is 12.1 Å². The number of hydrogen-bond donors (Lipinski definition) is 0.